The Morgan fingerprint density at radius 3 is 2.81 bits per heavy atom. The molecule has 0 aliphatic carbocycles. The third-order valence-electron chi connectivity index (χ3n) is 4.82. The topological polar surface area (TPSA) is 65.9 Å². The highest BCUT2D eigenvalue weighted by molar-refractivity contribution is 5.75. The molecule has 27 heavy (non-hydrogen) atoms. The normalized spacial score (nSPS) is 17.2. The van der Waals surface area contributed by atoms with E-state index >= 15 is 0 Å². The number of carbonyl (C=O) groups is 1. The average molecular weight is 369 g/mol. The maximum atomic E-state index is 12.0. The molecule has 1 N–H and O–H groups in total. The minimum absolute atomic E-state index is 0.563. The van der Waals surface area contributed by atoms with Gasteiger partial charge in [-0.25, -0.2) is 0 Å². The smallest absolute Gasteiger partial charge is 0.325 e. The van der Waals surface area contributed by atoms with Crippen LogP contribution in [0.1, 0.15) is 30.6 Å². The van der Waals surface area contributed by atoms with E-state index in [1.54, 1.807) is 0 Å². The maximum Gasteiger partial charge on any atom is 0.325 e. The average Bonchev–Trinajstić information content (AvgIpc) is 2.89. The van der Waals surface area contributed by atoms with Crippen molar-refractivity contribution in [3.8, 4) is 5.75 Å². The molecule has 2 heterocycles. The number of hydrogen-bond donors (Lipinski definition) is 1. The van der Waals surface area contributed by atoms with Gasteiger partial charge in [0.1, 0.15) is 11.8 Å². The van der Waals surface area contributed by atoms with Crippen molar-refractivity contribution >= 4 is 5.97 Å². The number of hydrogen-bond acceptors (Lipinski definition) is 5. The van der Waals surface area contributed by atoms with Gasteiger partial charge in [0.05, 0.1) is 12.3 Å². The van der Waals surface area contributed by atoms with Gasteiger partial charge >= 0.3 is 5.97 Å². The first kappa shape index (κ1) is 19.3. The predicted molar refractivity (Wildman–Crippen MR) is 104 cm³/mol. The van der Waals surface area contributed by atoms with Crippen LogP contribution in [0.4, 0.5) is 0 Å². The minimum atomic E-state index is -0.818. The summed E-state index contributed by atoms with van der Waals surface area (Å²) < 4.78 is 5.55. The van der Waals surface area contributed by atoms with Crippen molar-refractivity contribution in [2.75, 3.05) is 32.8 Å². The quantitative estimate of drug-likeness (QED) is 0.810. The van der Waals surface area contributed by atoms with Gasteiger partial charge in [0.2, 0.25) is 0 Å². The molecule has 144 valence electrons. The molecule has 0 bridgehead atoms. The molecule has 1 aliphatic heterocycles. The fraction of sp³-hybridized carbons (Fsp3) is 0.429. The number of rotatable bonds is 7. The van der Waals surface area contributed by atoms with Gasteiger partial charge in [0.15, 0.2) is 0 Å². The Morgan fingerprint density at radius 1 is 1.19 bits per heavy atom. The summed E-state index contributed by atoms with van der Waals surface area (Å²) in [6, 6.07) is 12.7. The van der Waals surface area contributed by atoms with Crippen molar-refractivity contribution < 1.29 is 14.6 Å². The van der Waals surface area contributed by atoms with E-state index in [0.717, 1.165) is 43.9 Å². The molecule has 6 heteroatoms. The third-order valence-corrected chi connectivity index (χ3v) is 4.82. The molecule has 0 unspecified atom stereocenters. The lowest BCUT2D eigenvalue weighted by atomic mass is 10.0. The molecule has 0 amide bonds. The fourth-order valence-corrected chi connectivity index (χ4v) is 3.58. The molecule has 1 saturated heterocycles. The van der Waals surface area contributed by atoms with Gasteiger partial charge in [-0.3, -0.25) is 19.6 Å². The highest BCUT2D eigenvalue weighted by Crippen LogP contribution is 2.26. The molecule has 6 nitrogen and oxygen atoms in total. The maximum absolute atomic E-state index is 12.0. The van der Waals surface area contributed by atoms with E-state index in [-0.39, 0.29) is 0 Å². The lowest BCUT2D eigenvalue weighted by Crippen LogP contribution is -2.37. The van der Waals surface area contributed by atoms with Crippen molar-refractivity contribution in [3.63, 3.8) is 0 Å². The zero-order valence-electron chi connectivity index (χ0n) is 15.8. The minimum Gasteiger partial charge on any atom is -0.494 e. The second-order valence-electron chi connectivity index (χ2n) is 6.73. The molecule has 0 saturated carbocycles. The molecule has 1 aromatic heterocycles. The van der Waals surface area contributed by atoms with Gasteiger partial charge in [0.25, 0.3) is 0 Å². The lowest BCUT2D eigenvalue weighted by Gasteiger charge is -2.28. The summed E-state index contributed by atoms with van der Waals surface area (Å²) in [4.78, 5) is 20.9. The number of benzene rings is 1. The van der Waals surface area contributed by atoms with E-state index in [9.17, 15) is 9.90 Å². The van der Waals surface area contributed by atoms with Crippen molar-refractivity contribution in [2.24, 2.45) is 0 Å². The summed E-state index contributed by atoms with van der Waals surface area (Å²) in [6.45, 7) is 6.52. The first-order valence-corrected chi connectivity index (χ1v) is 9.49. The Kier molecular flexibility index (Phi) is 6.79. The van der Waals surface area contributed by atoms with E-state index in [4.69, 9.17) is 4.74 Å². The van der Waals surface area contributed by atoms with Crippen LogP contribution in [0.15, 0.2) is 48.7 Å². The molecule has 1 atom stereocenters. The molecule has 1 fully saturated rings. The lowest BCUT2D eigenvalue weighted by molar-refractivity contribution is -0.143. The van der Waals surface area contributed by atoms with Crippen molar-refractivity contribution in [2.45, 2.75) is 25.9 Å². The van der Waals surface area contributed by atoms with Crippen LogP contribution in [0.5, 0.6) is 5.75 Å². The highest BCUT2D eigenvalue weighted by Gasteiger charge is 2.29. The first-order chi connectivity index (χ1) is 13.2. The number of carboxylic acids is 1. The number of nitrogens with zero attached hydrogens (tertiary/aromatic N) is 3. The van der Waals surface area contributed by atoms with Crippen LogP contribution in [0.2, 0.25) is 0 Å². The molecule has 2 aromatic rings. The number of ether oxygens (including phenoxy) is 1. The summed E-state index contributed by atoms with van der Waals surface area (Å²) in [5.74, 6) is -0.102. The zero-order chi connectivity index (χ0) is 19.1. The Hall–Kier alpha value is -2.44. The van der Waals surface area contributed by atoms with Gasteiger partial charge in [-0.1, -0.05) is 18.2 Å². The van der Waals surface area contributed by atoms with Gasteiger partial charge in [-0.05, 0) is 49.7 Å². The Labute approximate surface area is 160 Å². The summed E-state index contributed by atoms with van der Waals surface area (Å²) in [6.07, 6.45) is 2.74. The van der Waals surface area contributed by atoms with E-state index < -0.39 is 12.0 Å². The van der Waals surface area contributed by atoms with E-state index in [2.05, 4.69) is 14.8 Å². The van der Waals surface area contributed by atoms with Crippen LogP contribution in [0.25, 0.3) is 0 Å². The Bertz CT molecular complexity index is 738. The van der Waals surface area contributed by atoms with Crippen LogP contribution in [-0.4, -0.2) is 58.6 Å². The van der Waals surface area contributed by atoms with E-state index in [1.165, 1.54) is 0 Å². The molecular formula is C21H27N3O3. The molecule has 0 spiro atoms. The van der Waals surface area contributed by atoms with Gasteiger partial charge in [0, 0.05) is 32.4 Å². The highest BCUT2D eigenvalue weighted by atomic mass is 16.5. The van der Waals surface area contributed by atoms with Crippen molar-refractivity contribution in [3.05, 3.63) is 59.9 Å². The standard InChI is InChI=1S/C21H27N3O3/c1-2-27-19-9-5-7-17(15-19)20(21(25)26)24-12-6-11-23(13-14-24)16-18-8-3-4-10-22-18/h3-5,7-10,15,20H,2,6,11-14,16H2,1H3,(H,25,26)/t20-/m1/s1. The van der Waals surface area contributed by atoms with E-state index in [0.29, 0.717) is 18.9 Å². The fourth-order valence-electron chi connectivity index (χ4n) is 3.58. The summed E-state index contributed by atoms with van der Waals surface area (Å²) in [7, 11) is 0. The molecule has 1 aromatic carbocycles. The van der Waals surface area contributed by atoms with Crippen molar-refractivity contribution in [1.29, 1.82) is 0 Å². The Balaban J connectivity index is 1.69. The third kappa shape index (κ3) is 5.28. The molecule has 0 radical (unpaired) electrons. The summed E-state index contributed by atoms with van der Waals surface area (Å²) >= 11 is 0. The summed E-state index contributed by atoms with van der Waals surface area (Å²) in [5.41, 5.74) is 1.82. The second-order valence-corrected chi connectivity index (χ2v) is 6.73. The zero-order valence-corrected chi connectivity index (χ0v) is 15.8. The SMILES string of the molecule is CCOc1cccc([C@H](C(=O)O)N2CCCN(Cc3ccccn3)CC2)c1. The van der Waals surface area contributed by atoms with Crippen LogP contribution in [0, 0.1) is 0 Å². The van der Waals surface area contributed by atoms with Crippen LogP contribution in [-0.2, 0) is 11.3 Å². The predicted octanol–water partition coefficient (Wildman–Crippen LogP) is 2.81. The number of pyridine rings is 1. The van der Waals surface area contributed by atoms with Crippen molar-refractivity contribution in [1.82, 2.24) is 14.8 Å². The van der Waals surface area contributed by atoms with Gasteiger partial charge < -0.3 is 9.84 Å². The largest absolute Gasteiger partial charge is 0.494 e. The van der Waals surface area contributed by atoms with Gasteiger partial charge in [-0.2, -0.15) is 0 Å². The van der Waals surface area contributed by atoms with E-state index in [1.807, 2.05) is 55.6 Å². The van der Waals surface area contributed by atoms with Crippen LogP contribution in [0.3, 0.4) is 0 Å². The van der Waals surface area contributed by atoms with Gasteiger partial charge in [-0.15, -0.1) is 0 Å². The number of aromatic nitrogens is 1. The van der Waals surface area contributed by atoms with Crippen LogP contribution < -0.4 is 4.74 Å². The number of carboxylic acid groups (broad SMARTS) is 1. The van der Waals surface area contributed by atoms with Crippen LogP contribution >= 0.6 is 0 Å². The molecule has 1 aliphatic rings. The first-order valence-electron chi connectivity index (χ1n) is 9.49. The second kappa shape index (κ2) is 9.48. The molecular weight excluding hydrogens is 342 g/mol. The Morgan fingerprint density at radius 2 is 2.07 bits per heavy atom. The number of aliphatic carboxylic acids is 1. The summed E-state index contributed by atoms with van der Waals surface area (Å²) in [5, 5.41) is 9.89. The molecule has 3 rings (SSSR count). The monoisotopic (exact) mass is 369 g/mol.